The molecule has 1 N–H and O–H groups in total. The van der Waals surface area contributed by atoms with Gasteiger partial charge in [0.15, 0.2) is 0 Å². The maximum Gasteiger partial charge on any atom is 0.326 e. The second kappa shape index (κ2) is 3.28. The SMILES string of the molecule is CC(C)n1c(=O)[nH]c2cccc(C#N)c21. The Hall–Kier alpha value is -2.02. The van der Waals surface area contributed by atoms with Crippen molar-refractivity contribution in [2.45, 2.75) is 19.9 Å². The molecule has 0 unspecified atom stereocenters. The van der Waals surface area contributed by atoms with Gasteiger partial charge in [-0.05, 0) is 26.0 Å². The molecule has 4 heteroatoms. The Morgan fingerprint density at radius 1 is 1.47 bits per heavy atom. The Morgan fingerprint density at radius 2 is 2.20 bits per heavy atom. The summed E-state index contributed by atoms with van der Waals surface area (Å²) in [4.78, 5) is 14.4. The Bertz CT molecular complexity index is 598. The van der Waals surface area contributed by atoms with Crippen LogP contribution < -0.4 is 5.69 Å². The van der Waals surface area contributed by atoms with Gasteiger partial charge >= 0.3 is 5.69 Å². The van der Waals surface area contributed by atoms with Crippen molar-refractivity contribution in [2.75, 3.05) is 0 Å². The number of nitrogens with one attached hydrogen (secondary N) is 1. The second-order valence-electron chi connectivity index (χ2n) is 3.71. The van der Waals surface area contributed by atoms with Crippen molar-refractivity contribution in [3.63, 3.8) is 0 Å². The Kier molecular flexibility index (Phi) is 2.09. The summed E-state index contributed by atoms with van der Waals surface area (Å²) in [5.74, 6) is 0. The van der Waals surface area contributed by atoms with E-state index in [1.807, 2.05) is 13.8 Å². The molecule has 0 atom stereocenters. The lowest BCUT2D eigenvalue weighted by molar-refractivity contribution is 0.597. The Balaban J connectivity index is 2.97. The van der Waals surface area contributed by atoms with Gasteiger partial charge in [-0.15, -0.1) is 0 Å². The molecule has 0 amide bonds. The third-order valence-corrected chi connectivity index (χ3v) is 2.37. The summed E-state index contributed by atoms with van der Waals surface area (Å²) in [6.45, 7) is 3.84. The van der Waals surface area contributed by atoms with Crippen LogP contribution in [0, 0.1) is 11.3 Å². The molecule has 0 fully saturated rings. The Morgan fingerprint density at radius 3 is 2.80 bits per heavy atom. The summed E-state index contributed by atoms with van der Waals surface area (Å²) in [6.07, 6.45) is 0. The lowest BCUT2D eigenvalue weighted by Gasteiger charge is -2.07. The number of hydrogen-bond donors (Lipinski definition) is 1. The van der Waals surface area contributed by atoms with Crippen molar-refractivity contribution in [2.24, 2.45) is 0 Å². The van der Waals surface area contributed by atoms with Gasteiger partial charge in [0.1, 0.15) is 6.07 Å². The molecule has 0 radical (unpaired) electrons. The number of nitriles is 1. The van der Waals surface area contributed by atoms with Crippen LogP contribution in [0.4, 0.5) is 0 Å². The molecule has 1 aromatic carbocycles. The predicted molar refractivity (Wildman–Crippen MR) is 57.7 cm³/mol. The summed E-state index contributed by atoms with van der Waals surface area (Å²) >= 11 is 0. The van der Waals surface area contributed by atoms with Gasteiger partial charge < -0.3 is 4.98 Å². The van der Waals surface area contributed by atoms with Gasteiger partial charge in [0.05, 0.1) is 16.6 Å². The maximum atomic E-state index is 11.6. The number of rotatable bonds is 1. The number of para-hydroxylation sites is 1. The largest absolute Gasteiger partial charge is 0.326 e. The number of benzene rings is 1. The molecule has 15 heavy (non-hydrogen) atoms. The first-order chi connectivity index (χ1) is 7.15. The van der Waals surface area contributed by atoms with Gasteiger partial charge in [-0.2, -0.15) is 5.26 Å². The number of hydrogen-bond acceptors (Lipinski definition) is 2. The molecule has 76 valence electrons. The van der Waals surface area contributed by atoms with E-state index in [0.717, 1.165) is 0 Å². The van der Waals surface area contributed by atoms with Crippen molar-refractivity contribution in [1.82, 2.24) is 9.55 Å². The predicted octanol–water partition coefficient (Wildman–Crippen LogP) is 1.78. The smallest absolute Gasteiger partial charge is 0.305 e. The monoisotopic (exact) mass is 201 g/mol. The van der Waals surface area contributed by atoms with E-state index < -0.39 is 0 Å². The fourth-order valence-electron chi connectivity index (χ4n) is 1.76. The molecule has 0 saturated carbocycles. The van der Waals surface area contributed by atoms with E-state index in [4.69, 9.17) is 5.26 Å². The van der Waals surface area contributed by atoms with E-state index in [1.54, 1.807) is 22.8 Å². The van der Waals surface area contributed by atoms with Crippen LogP contribution in [-0.2, 0) is 0 Å². The summed E-state index contributed by atoms with van der Waals surface area (Å²) in [7, 11) is 0. The lowest BCUT2D eigenvalue weighted by atomic mass is 10.2. The molecule has 1 heterocycles. The highest BCUT2D eigenvalue weighted by atomic mass is 16.1. The first-order valence-electron chi connectivity index (χ1n) is 4.78. The Labute approximate surface area is 86.8 Å². The topological polar surface area (TPSA) is 61.6 Å². The highest BCUT2D eigenvalue weighted by Gasteiger charge is 2.12. The average Bonchev–Trinajstić information content (AvgIpc) is 2.53. The quantitative estimate of drug-likeness (QED) is 0.764. The molecule has 0 aliphatic carbocycles. The van der Waals surface area contributed by atoms with Gasteiger partial charge in [0, 0.05) is 6.04 Å². The zero-order valence-corrected chi connectivity index (χ0v) is 8.61. The summed E-state index contributed by atoms with van der Waals surface area (Å²) in [5.41, 5.74) is 1.77. The molecule has 0 bridgehead atoms. The maximum absolute atomic E-state index is 11.6. The molecular weight excluding hydrogens is 190 g/mol. The average molecular weight is 201 g/mol. The van der Waals surface area contributed by atoms with Crippen LogP contribution in [0.5, 0.6) is 0 Å². The van der Waals surface area contributed by atoms with E-state index in [2.05, 4.69) is 11.1 Å². The zero-order chi connectivity index (χ0) is 11.0. The molecular formula is C11H11N3O. The minimum absolute atomic E-state index is 0.0424. The normalized spacial score (nSPS) is 10.8. The molecule has 0 saturated heterocycles. The van der Waals surface area contributed by atoms with Crippen LogP contribution in [0.3, 0.4) is 0 Å². The van der Waals surface area contributed by atoms with Crippen LogP contribution in [0.2, 0.25) is 0 Å². The molecule has 2 aromatic rings. The molecule has 4 nitrogen and oxygen atoms in total. The van der Waals surface area contributed by atoms with Crippen LogP contribution in [0.1, 0.15) is 25.5 Å². The molecule has 0 spiro atoms. The molecule has 0 aliphatic heterocycles. The number of aromatic nitrogens is 2. The van der Waals surface area contributed by atoms with E-state index in [0.29, 0.717) is 16.6 Å². The fourth-order valence-corrected chi connectivity index (χ4v) is 1.76. The van der Waals surface area contributed by atoms with Crippen molar-refractivity contribution in [1.29, 1.82) is 5.26 Å². The van der Waals surface area contributed by atoms with E-state index >= 15 is 0 Å². The minimum atomic E-state index is -0.164. The zero-order valence-electron chi connectivity index (χ0n) is 8.61. The van der Waals surface area contributed by atoms with Gasteiger partial charge in [0.25, 0.3) is 0 Å². The van der Waals surface area contributed by atoms with E-state index in [-0.39, 0.29) is 11.7 Å². The number of imidazole rings is 1. The van der Waals surface area contributed by atoms with Gasteiger partial charge in [-0.25, -0.2) is 4.79 Å². The van der Waals surface area contributed by atoms with Crippen LogP contribution in [0.15, 0.2) is 23.0 Å². The number of fused-ring (bicyclic) bond motifs is 1. The minimum Gasteiger partial charge on any atom is -0.305 e. The van der Waals surface area contributed by atoms with Crippen LogP contribution in [0.25, 0.3) is 11.0 Å². The summed E-state index contributed by atoms with van der Waals surface area (Å²) < 4.78 is 1.61. The van der Waals surface area contributed by atoms with Crippen LogP contribution >= 0.6 is 0 Å². The van der Waals surface area contributed by atoms with Crippen molar-refractivity contribution in [3.05, 3.63) is 34.2 Å². The number of nitrogens with zero attached hydrogens (tertiary/aromatic N) is 2. The first kappa shape index (κ1) is 9.53. The fraction of sp³-hybridized carbons (Fsp3) is 0.273. The molecule has 1 aromatic heterocycles. The third kappa shape index (κ3) is 1.33. The van der Waals surface area contributed by atoms with Crippen LogP contribution in [-0.4, -0.2) is 9.55 Å². The van der Waals surface area contributed by atoms with Crippen molar-refractivity contribution >= 4 is 11.0 Å². The van der Waals surface area contributed by atoms with Gasteiger partial charge in [-0.1, -0.05) is 6.07 Å². The van der Waals surface area contributed by atoms with Crippen molar-refractivity contribution < 1.29 is 0 Å². The second-order valence-corrected chi connectivity index (χ2v) is 3.71. The van der Waals surface area contributed by atoms with E-state index in [9.17, 15) is 4.79 Å². The van der Waals surface area contributed by atoms with Gasteiger partial charge in [-0.3, -0.25) is 4.57 Å². The first-order valence-corrected chi connectivity index (χ1v) is 4.78. The molecule has 2 rings (SSSR count). The lowest BCUT2D eigenvalue weighted by Crippen LogP contribution is -2.18. The highest BCUT2D eigenvalue weighted by Crippen LogP contribution is 2.18. The number of aromatic amines is 1. The third-order valence-electron chi connectivity index (χ3n) is 2.37. The van der Waals surface area contributed by atoms with Crippen molar-refractivity contribution in [3.8, 4) is 6.07 Å². The van der Waals surface area contributed by atoms with Gasteiger partial charge in [0.2, 0.25) is 0 Å². The highest BCUT2D eigenvalue weighted by molar-refractivity contribution is 5.81. The summed E-state index contributed by atoms with van der Waals surface area (Å²) in [6, 6.07) is 7.43. The summed E-state index contributed by atoms with van der Waals surface area (Å²) in [5, 5.41) is 8.97. The standard InChI is InChI=1S/C11H11N3O/c1-7(2)14-10-8(6-12)4-3-5-9(10)13-11(14)15/h3-5,7H,1-2H3,(H,13,15). The van der Waals surface area contributed by atoms with E-state index in [1.165, 1.54) is 0 Å². The number of H-pyrrole nitrogens is 1. The molecule has 0 aliphatic rings.